The molecule has 3 N–H and O–H groups in total. The van der Waals surface area contributed by atoms with Crippen LogP contribution < -0.4 is 10.6 Å². The van der Waals surface area contributed by atoms with E-state index in [2.05, 4.69) is 56.8 Å². The molecule has 3 aromatic rings. The first-order valence-corrected chi connectivity index (χ1v) is 11.1. The lowest BCUT2D eigenvalue weighted by molar-refractivity contribution is 0.198. The lowest BCUT2D eigenvalue weighted by Gasteiger charge is -2.33. The number of halogens is 2. The van der Waals surface area contributed by atoms with Crippen LogP contribution in [0.1, 0.15) is 29.5 Å². The van der Waals surface area contributed by atoms with Gasteiger partial charge in [0.2, 0.25) is 0 Å². The molecule has 32 heavy (non-hydrogen) atoms. The monoisotopic (exact) mass is 549 g/mol. The van der Waals surface area contributed by atoms with Gasteiger partial charge in [0, 0.05) is 56.4 Å². The molecular formula is C25H33FIN5. The molecule has 7 heteroatoms. The van der Waals surface area contributed by atoms with Crippen LogP contribution in [0.3, 0.4) is 0 Å². The van der Waals surface area contributed by atoms with Crippen molar-refractivity contribution in [3.05, 3.63) is 71.2 Å². The van der Waals surface area contributed by atoms with Gasteiger partial charge < -0.3 is 15.6 Å². The van der Waals surface area contributed by atoms with Crippen molar-refractivity contribution in [2.45, 2.75) is 38.8 Å². The number of aromatic nitrogens is 1. The fraction of sp³-hybridized carbons (Fsp3) is 0.400. The van der Waals surface area contributed by atoms with Crippen molar-refractivity contribution in [3.8, 4) is 0 Å². The number of piperidine rings is 1. The van der Waals surface area contributed by atoms with E-state index in [9.17, 15) is 4.39 Å². The molecule has 1 aromatic heterocycles. The average molecular weight is 549 g/mol. The Hall–Kier alpha value is -2.13. The van der Waals surface area contributed by atoms with Crippen LogP contribution in [-0.4, -0.2) is 48.6 Å². The number of nitrogens with one attached hydrogen (secondary N) is 3. The van der Waals surface area contributed by atoms with Crippen molar-refractivity contribution in [1.82, 2.24) is 20.5 Å². The van der Waals surface area contributed by atoms with Crippen molar-refractivity contribution in [2.24, 2.45) is 4.99 Å². The second-order valence-electron chi connectivity index (χ2n) is 8.38. The molecule has 1 aliphatic heterocycles. The Balaban J connectivity index is 0.00000289. The topological polar surface area (TPSA) is 55.5 Å². The van der Waals surface area contributed by atoms with Gasteiger partial charge in [-0.25, -0.2) is 4.39 Å². The lowest BCUT2D eigenvalue weighted by Crippen LogP contribution is -2.48. The van der Waals surface area contributed by atoms with Crippen molar-refractivity contribution >= 4 is 40.8 Å². The van der Waals surface area contributed by atoms with E-state index in [1.165, 1.54) is 34.2 Å². The SMILES string of the molecule is CN=C(NCCc1c[nH]c2c(C)cccc12)NC1CCN(Cc2ccc(F)cc2)CC1.I. The fourth-order valence-corrected chi connectivity index (χ4v) is 4.36. The lowest BCUT2D eigenvalue weighted by atomic mass is 10.0. The summed E-state index contributed by atoms with van der Waals surface area (Å²) >= 11 is 0. The molecule has 5 nitrogen and oxygen atoms in total. The van der Waals surface area contributed by atoms with Crippen LogP contribution in [0.25, 0.3) is 10.9 Å². The summed E-state index contributed by atoms with van der Waals surface area (Å²) < 4.78 is 13.1. The van der Waals surface area contributed by atoms with Crippen LogP contribution in [0.15, 0.2) is 53.7 Å². The van der Waals surface area contributed by atoms with Crippen LogP contribution in [0.2, 0.25) is 0 Å². The third-order valence-electron chi connectivity index (χ3n) is 6.17. The molecule has 172 valence electrons. The maximum Gasteiger partial charge on any atom is 0.191 e. The molecule has 0 spiro atoms. The number of aryl methyl sites for hydroxylation is 1. The van der Waals surface area contributed by atoms with Gasteiger partial charge in [0.1, 0.15) is 5.82 Å². The molecule has 0 unspecified atom stereocenters. The predicted molar refractivity (Wildman–Crippen MR) is 141 cm³/mol. The molecule has 1 saturated heterocycles. The van der Waals surface area contributed by atoms with E-state index in [1.54, 1.807) is 0 Å². The van der Waals surface area contributed by atoms with Gasteiger partial charge in [-0.1, -0.05) is 30.3 Å². The Labute approximate surface area is 206 Å². The third kappa shape index (κ3) is 6.22. The Kier molecular flexibility index (Phi) is 8.92. The number of fused-ring (bicyclic) bond motifs is 1. The number of hydrogen-bond acceptors (Lipinski definition) is 2. The van der Waals surface area contributed by atoms with Gasteiger partial charge in [0.25, 0.3) is 0 Å². The van der Waals surface area contributed by atoms with E-state index >= 15 is 0 Å². The highest BCUT2D eigenvalue weighted by molar-refractivity contribution is 14.0. The molecule has 2 aromatic carbocycles. The number of hydrogen-bond donors (Lipinski definition) is 3. The average Bonchev–Trinajstić information content (AvgIpc) is 3.20. The van der Waals surface area contributed by atoms with Gasteiger partial charge in [0.15, 0.2) is 5.96 Å². The highest BCUT2D eigenvalue weighted by Gasteiger charge is 2.20. The van der Waals surface area contributed by atoms with Gasteiger partial charge >= 0.3 is 0 Å². The molecule has 1 aliphatic rings. The zero-order valence-corrected chi connectivity index (χ0v) is 21.2. The minimum Gasteiger partial charge on any atom is -0.361 e. The highest BCUT2D eigenvalue weighted by atomic mass is 127. The Bertz CT molecular complexity index is 1020. The maximum atomic E-state index is 13.1. The third-order valence-corrected chi connectivity index (χ3v) is 6.17. The molecule has 0 saturated carbocycles. The first kappa shape index (κ1) is 24.5. The van der Waals surface area contributed by atoms with Crippen LogP contribution in [-0.2, 0) is 13.0 Å². The van der Waals surface area contributed by atoms with E-state index in [1.807, 2.05) is 19.2 Å². The van der Waals surface area contributed by atoms with Crippen molar-refractivity contribution < 1.29 is 4.39 Å². The summed E-state index contributed by atoms with van der Waals surface area (Å²) in [6, 6.07) is 13.7. The standard InChI is InChI=1S/C25H32FN5.HI/c1-18-4-3-5-23-20(16-29-24(18)23)10-13-28-25(27-2)30-22-11-14-31(15-12-22)17-19-6-8-21(26)9-7-19;/h3-9,16,22,29H,10-15,17H2,1-2H3,(H2,27,28,30);1H. The van der Waals surface area contributed by atoms with Gasteiger partial charge in [-0.15, -0.1) is 24.0 Å². The number of benzene rings is 2. The largest absolute Gasteiger partial charge is 0.361 e. The maximum absolute atomic E-state index is 13.1. The summed E-state index contributed by atoms with van der Waals surface area (Å²) in [6.45, 7) is 5.91. The summed E-state index contributed by atoms with van der Waals surface area (Å²) in [5.41, 5.74) is 5.00. The summed E-state index contributed by atoms with van der Waals surface area (Å²) in [6.07, 6.45) is 5.21. The van der Waals surface area contributed by atoms with E-state index in [0.717, 1.165) is 57.0 Å². The molecule has 0 bridgehead atoms. The quantitative estimate of drug-likeness (QED) is 0.239. The summed E-state index contributed by atoms with van der Waals surface area (Å²) in [7, 11) is 1.83. The minimum atomic E-state index is -0.176. The summed E-state index contributed by atoms with van der Waals surface area (Å²) in [5, 5.41) is 8.35. The molecule has 0 amide bonds. The number of para-hydroxylation sites is 1. The molecule has 2 heterocycles. The number of likely N-dealkylation sites (tertiary alicyclic amines) is 1. The fourth-order valence-electron chi connectivity index (χ4n) is 4.36. The summed E-state index contributed by atoms with van der Waals surface area (Å²) in [4.78, 5) is 10.2. The zero-order valence-electron chi connectivity index (χ0n) is 18.8. The number of nitrogens with zero attached hydrogens (tertiary/aromatic N) is 2. The van der Waals surface area contributed by atoms with Crippen molar-refractivity contribution in [1.29, 1.82) is 0 Å². The van der Waals surface area contributed by atoms with Gasteiger partial charge in [-0.05, 0) is 55.0 Å². The first-order valence-electron chi connectivity index (χ1n) is 11.1. The zero-order chi connectivity index (χ0) is 21.6. The first-order chi connectivity index (χ1) is 15.1. The molecular weight excluding hydrogens is 516 g/mol. The Morgan fingerprint density at radius 2 is 1.91 bits per heavy atom. The number of rotatable bonds is 6. The van der Waals surface area contributed by atoms with Gasteiger partial charge in [-0.2, -0.15) is 0 Å². The molecule has 0 radical (unpaired) electrons. The van der Waals surface area contributed by atoms with Crippen LogP contribution in [0.4, 0.5) is 4.39 Å². The number of H-pyrrole nitrogens is 1. The van der Waals surface area contributed by atoms with E-state index in [0.29, 0.717) is 6.04 Å². The highest BCUT2D eigenvalue weighted by Crippen LogP contribution is 2.21. The van der Waals surface area contributed by atoms with Crippen LogP contribution >= 0.6 is 24.0 Å². The second-order valence-corrected chi connectivity index (χ2v) is 8.38. The van der Waals surface area contributed by atoms with E-state index < -0.39 is 0 Å². The van der Waals surface area contributed by atoms with Crippen LogP contribution in [0.5, 0.6) is 0 Å². The second kappa shape index (κ2) is 11.7. The van der Waals surface area contributed by atoms with Crippen molar-refractivity contribution in [3.63, 3.8) is 0 Å². The number of aromatic amines is 1. The Morgan fingerprint density at radius 1 is 1.16 bits per heavy atom. The predicted octanol–water partition coefficient (Wildman–Crippen LogP) is 4.61. The van der Waals surface area contributed by atoms with Gasteiger partial charge in [-0.3, -0.25) is 9.89 Å². The van der Waals surface area contributed by atoms with E-state index in [4.69, 9.17) is 0 Å². The normalized spacial score (nSPS) is 15.5. The minimum absolute atomic E-state index is 0. The number of aliphatic imine (C=N–C) groups is 1. The molecule has 1 fully saturated rings. The Morgan fingerprint density at radius 3 is 2.62 bits per heavy atom. The smallest absolute Gasteiger partial charge is 0.191 e. The molecule has 4 rings (SSSR count). The van der Waals surface area contributed by atoms with Crippen molar-refractivity contribution in [2.75, 3.05) is 26.7 Å². The van der Waals surface area contributed by atoms with E-state index in [-0.39, 0.29) is 29.8 Å². The molecule has 0 aliphatic carbocycles. The van der Waals surface area contributed by atoms with Gasteiger partial charge in [0.05, 0.1) is 0 Å². The molecule has 0 atom stereocenters. The van der Waals surface area contributed by atoms with Crippen LogP contribution in [0, 0.1) is 12.7 Å². The number of guanidine groups is 1. The summed E-state index contributed by atoms with van der Waals surface area (Å²) in [5.74, 6) is 0.693.